The second kappa shape index (κ2) is 6.80. The van der Waals surface area contributed by atoms with E-state index >= 15 is 0 Å². The molecule has 0 aliphatic carbocycles. The van der Waals surface area contributed by atoms with Gasteiger partial charge in [0.25, 0.3) is 0 Å². The molecule has 2 aliphatic heterocycles. The average Bonchev–Trinajstić information content (AvgIpc) is 2.57. The van der Waals surface area contributed by atoms with Crippen LogP contribution in [0.4, 0.5) is 17.6 Å². The molecular formula is C14H14F4O6S. The third kappa shape index (κ3) is 3.80. The van der Waals surface area contributed by atoms with E-state index in [4.69, 9.17) is 14.2 Å². The molecule has 6 nitrogen and oxygen atoms in total. The summed E-state index contributed by atoms with van der Waals surface area (Å²) >= 11 is 0. The first-order valence-electron chi connectivity index (χ1n) is 7.26. The number of hydrogen-bond donors (Lipinski definition) is 0. The Morgan fingerprint density at radius 1 is 1.08 bits per heavy atom. The van der Waals surface area contributed by atoms with Gasteiger partial charge in [-0.2, -0.15) is 21.6 Å². The maximum atomic E-state index is 14.6. The summed E-state index contributed by atoms with van der Waals surface area (Å²) in [6.07, 6.45) is -7.22. The quantitative estimate of drug-likeness (QED) is 0.450. The van der Waals surface area contributed by atoms with Crippen molar-refractivity contribution >= 4 is 10.1 Å². The zero-order valence-corrected chi connectivity index (χ0v) is 13.4. The van der Waals surface area contributed by atoms with Crippen LogP contribution in [0.3, 0.4) is 0 Å². The molecule has 2 heterocycles. The standard InChI is InChI=1S/C14H14F4O6S/c15-11-9(24-25(19,20)14(16,17)18)6-21-10-7-22-13(23-12(10)11)8-4-2-1-3-5-8/h1-5,9-13H,6-7H2/t9-,10+,11-,12?,13+/m0/s1. The van der Waals surface area contributed by atoms with Crippen LogP contribution in [0, 0.1) is 0 Å². The number of halogens is 4. The minimum Gasteiger partial charge on any atom is -0.370 e. The van der Waals surface area contributed by atoms with Crippen LogP contribution in [0.5, 0.6) is 0 Å². The van der Waals surface area contributed by atoms with Crippen LogP contribution in [0.2, 0.25) is 0 Å². The van der Waals surface area contributed by atoms with Crippen molar-refractivity contribution in [3.05, 3.63) is 35.9 Å². The van der Waals surface area contributed by atoms with Crippen LogP contribution in [0.25, 0.3) is 0 Å². The first-order chi connectivity index (χ1) is 11.7. The number of fused-ring (bicyclic) bond motifs is 1. The van der Waals surface area contributed by atoms with Crippen molar-refractivity contribution in [1.29, 1.82) is 0 Å². The highest BCUT2D eigenvalue weighted by atomic mass is 32.2. The van der Waals surface area contributed by atoms with Gasteiger partial charge in [0.2, 0.25) is 0 Å². The van der Waals surface area contributed by atoms with E-state index < -0.39 is 53.0 Å². The molecule has 2 saturated heterocycles. The summed E-state index contributed by atoms with van der Waals surface area (Å²) < 4.78 is 93.9. The minimum atomic E-state index is -5.94. The summed E-state index contributed by atoms with van der Waals surface area (Å²) in [6, 6.07) is 8.51. The van der Waals surface area contributed by atoms with Crippen molar-refractivity contribution < 1.29 is 44.4 Å². The van der Waals surface area contributed by atoms with Crippen LogP contribution in [0.15, 0.2) is 30.3 Å². The van der Waals surface area contributed by atoms with Crippen molar-refractivity contribution in [1.82, 2.24) is 0 Å². The van der Waals surface area contributed by atoms with E-state index in [1.807, 2.05) is 0 Å². The smallest absolute Gasteiger partial charge is 0.370 e. The van der Waals surface area contributed by atoms with Crippen molar-refractivity contribution in [3.8, 4) is 0 Å². The summed E-state index contributed by atoms with van der Waals surface area (Å²) in [7, 11) is -5.94. The normalized spacial score (nSPS) is 33.7. The Hall–Kier alpha value is -1.27. The van der Waals surface area contributed by atoms with Gasteiger partial charge in [0.05, 0.1) is 13.2 Å². The van der Waals surface area contributed by atoms with E-state index in [0.29, 0.717) is 5.56 Å². The SMILES string of the molecule is O=S(=O)(O[C@H]1CO[C@@H]2CO[C@@H](c3ccccc3)OC2[C@H]1F)C(F)(F)F. The molecule has 0 saturated carbocycles. The Bertz CT molecular complexity index is 695. The summed E-state index contributed by atoms with van der Waals surface area (Å²) in [4.78, 5) is 0. The third-order valence-corrected chi connectivity index (χ3v) is 4.88. The predicted molar refractivity (Wildman–Crippen MR) is 74.5 cm³/mol. The number of benzene rings is 1. The lowest BCUT2D eigenvalue weighted by Crippen LogP contribution is -2.57. The Balaban J connectivity index is 1.72. The lowest BCUT2D eigenvalue weighted by Gasteiger charge is -2.43. The van der Waals surface area contributed by atoms with Gasteiger partial charge in [-0.15, -0.1) is 0 Å². The van der Waals surface area contributed by atoms with E-state index in [0.717, 1.165) is 0 Å². The molecule has 2 aliphatic rings. The minimum absolute atomic E-state index is 0.0522. The molecule has 0 spiro atoms. The Morgan fingerprint density at radius 2 is 1.76 bits per heavy atom. The Kier molecular flexibility index (Phi) is 5.04. The number of alkyl halides is 4. The van der Waals surface area contributed by atoms with Crippen LogP contribution >= 0.6 is 0 Å². The summed E-state index contributed by atoms with van der Waals surface area (Å²) in [5, 5.41) is 0. The van der Waals surface area contributed by atoms with Crippen molar-refractivity contribution in [3.63, 3.8) is 0 Å². The number of ether oxygens (including phenoxy) is 3. The molecule has 2 fully saturated rings. The van der Waals surface area contributed by atoms with E-state index in [2.05, 4.69) is 4.18 Å². The molecule has 11 heteroatoms. The fourth-order valence-electron chi connectivity index (χ4n) is 2.57. The maximum Gasteiger partial charge on any atom is 0.523 e. The monoisotopic (exact) mass is 386 g/mol. The van der Waals surface area contributed by atoms with Gasteiger partial charge in [-0.05, 0) is 0 Å². The van der Waals surface area contributed by atoms with Gasteiger partial charge in [-0.3, -0.25) is 4.18 Å². The molecule has 3 rings (SSSR count). The number of rotatable bonds is 3. The molecule has 1 aromatic rings. The highest BCUT2D eigenvalue weighted by Gasteiger charge is 2.53. The van der Waals surface area contributed by atoms with Gasteiger partial charge in [0.1, 0.15) is 18.3 Å². The molecule has 1 unspecified atom stereocenters. The average molecular weight is 386 g/mol. The molecule has 0 aromatic heterocycles. The topological polar surface area (TPSA) is 71.1 Å². The Morgan fingerprint density at radius 3 is 2.40 bits per heavy atom. The van der Waals surface area contributed by atoms with Crippen molar-refractivity contribution in [2.75, 3.05) is 13.2 Å². The summed E-state index contributed by atoms with van der Waals surface area (Å²) in [5.74, 6) is 0. The lowest BCUT2D eigenvalue weighted by atomic mass is 10.0. The zero-order chi connectivity index (χ0) is 18.2. The fraction of sp³-hybridized carbons (Fsp3) is 0.571. The fourth-order valence-corrected chi connectivity index (χ4v) is 3.17. The van der Waals surface area contributed by atoms with Gasteiger partial charge in [-0.1, -0.05) is 30.3 Å². The van der Waals surface area contributed by atoms with Crippen LogP contribution in [0.1, 0.15) is 11.9 Å². The molecule has 25 heavy (non-hydrogen) atoms. The van der Waals surface area contributed by atoms with Gasteiger partial charge < -0.3 is 14.2 Å². The first-order valence-corrected chi connectivity index (χ1v) is 8.67. The predicted octanol–water partition coefficient (Wildman–Crippen LogP) is 2.07. The molecule has 140 valence electrons. The highest BCUT2D eigenvalue weighted by Crippen LogP contribution is 2.35. The van der Waals surface area contributed by atoms with Crippen molar-refractivity contribution in [2.45, 2.75) is 36.3 Å². The number of hydrogen-bond acceptors (Lipinski definition) is 6. The second-order valence-corrected chi connectivity index (χ2v) is 7.09. The molecule has 0 amide bonds. The maximum absolute atomic E-state index is 14.6. The molecule has 0 bridgehead atoms. The van der Waals surface area contributed by atoms with E-state index in [9.17, 15) is 26.0 Å². The molecular weight excluding hydrogens is 372 g/mol. The summed E-state index contributed by atoms with van der Waals surface area (Å²) in [5.41, 5.74) is -5.06. The molecule has 1 aromatic carbocycles. The highest BCUT2D eigenvalue weighted by molar-refractivity contribution is 7.87. The lowest BCUT2D eigenvalue weighted by molar-refractivity contribution is -0.303. The van der Waals surface area contributed by atoms with E-state index in [1.165, 1.54) is 0 Å². The van der Waals surface area contributed by atoms with Crippen LogP contribution < -0.4 is 0 Å². The largest absolute Gasteiger partial charge is 0.523 e. The molecule has 5 atom stereocenters. The third-order valence-electron chi connectivity index (χ3n) is 3.81. The zero-order valence-electron chi connectivity index (χ0n) is 12.6. The second-order valence-electron chi connectivity index (χ2n) is 5.53. The van der Waals surface area contributed by atoms with E-state index in [-0.39, 0.29) is 6.61 Å². The molecule has 0 N–H and O–H groups in total. The van der Waals surface area contributed by atoms with Crippen LogP contribution in [-0.2, 0) is 28.5 Å². The van der Waals surface area contributed by atoms with Gasteiger partial charge in [0.15, 0.2) is 12.5 Å². The first kappa shape index (κ1) is 18.5. The summed E-state index contributed by atoms with van der Waals surface area (Å²) in [6.45, 7) is -0.718. The molecule has 0 radical (unpaired) electrons. The van der Waals surface area contributed by atoms with Gasteiger partial charge in [0, 0.05) is 5.56 Å². The van der Waals surface area contributed by atoms with Crippen molar-refractivity contribution in [2.24, 2.45) is 0 Å². The van der Waals surface area contributed by atoms with Gasteiger partial charge >= 0.3 is 15.6 Å². The van der Waals surface area contributed by atoms with Gasteiger partial charge in [-0.25, -0.2) is 4.39 Å². The Labute approximate surface area is 140 Å². The van der Waals surface area contributed by atoms with E-state index in [1.54, 1.807) is 30.3 Å². The van der Waals surface area contributed by atoms with Crippen LogP contribution in [-0.4, -0.2) is 51.6 Å².